The van der Waals surface area contributed by atoms with E-state index in [0.717, 1.165) is 0 Å². The molecule has 7 heteroatoms. The molecule has 0 unspecified atom stereocenters. The number of carboxylic acid groups (broad SMARTS) is 1. The molecule has 1 aromatic rings. The van der Waals surface area contributed by atoms with Crippen LogP contribution < -0.4 is 5.32 Å². The molecule has 0 saturated carbocycles. The Kier molecular flexibility index (Phi) is 3.51. The average Bonchev–Trinajstić information content (AvgIpc) is 2.39. The summed E-state index contributed by atoms with van der Waals surface area (Å²) in [5.41, 5.74) is -0.215. The number of nitrogens with one attached hydrogen (secondary N) is 1. The quantitative estimate of drug-likeness (QED) is 0.831. The van der Waals surface area contributed by atoms with Gasteiger partial charge in [-0.3, -0.25) is 0 Å². The Morgan fingerprint density at radius 2 is 2.26 bits per heavy atom. The molecule has 0 atom stereocenters. The number of likely N-dealkylation sites (tertiary alicyclic amines) is 1. The zero-order valence-electron chi connectivity index (χ0n) is 10.6. The molecule has 1 aromatic heterocycles. The summed E-state index contributed by atoms with van der Waals surface area (Å²) in [4.78, 5) is 20.1. The summed E-state index contributed by atoms with van der Waals surface area (Å²) in [5.74, 6) is 0.717. The van der Waals surface area contributed by atoms with Gasteiger partial charge in [0.05, 0.1) is 0 Å². The van der Waals surface area contributed by atoms with Crippen LogP contribution in [0, 0.1) is 11.3 Å². The third-order valence-corrected chi connectivity index (χ3v) is 3.32. The first-order valence-corrected chi connectivity index (χ1v) is 6.02. The van der Waals surface area contributed by atoms with Gasteiger partial charge >= 0.3 is 6.09 Å². The number of rotatable bonds is 2. The number of anilines is 1. The predicted octanol–water partition coefficient (Wildman–Crippen LogP) is 1.29. The van der Waals surface area contributed by atoms with Gasteiger partial charge < -0.3 is 15.3 Å². The van der Waals surface area contributed by atoms with Gasteiger partial charge in [0, 0.05) is 24.8 Å². The Labute approximate surface area is 110 Å². The Bertz CT molecular complexity index is 517. The Morgan fingerprint density at radius 1 is 1.58 bits per heavy atom. The summed E-state index contributed by atoms with van der Waals surface area (Å²) in [7, 11) is 0. The largest absolute Gasteiger partial charge is 0.465 e. The second-order valence-corrected chi connectivity index (χ2v) is 4.83. The van der Waals surface area contributed by atoms with E-state index in [9.17, 15) is 4.79 Å². The zero-order valence-corrected chi connectivity index (χ0v) is 10.6. The summed E-state index contributed by atoms with van der Waals surface area (Å²) in [6.45, 7) is 3.02. The lowest BCUT2D eigenvalue weighted by Crippen LogP contribution is -2.48. The molecule has 1 aliphatic heterocycles. The van der Waals surface area contributed by atoms with Crippen LogP contribution in [-0.2, 0) is 0 Å². The van der Waals surface area contributed by atoms with Crippen LogP contribution in [0.2, 0.25) is 0 Å². The van der Waals surface area contributed by atoms with Crippen LogP contribution in [0.1, 0.15) is 25.6 Å². The number of hydrogen-bond acceptors (Lipinski definition) is 5. The number of nitrogens with zero attached hydrogens (tertiary/aromatic N) is 4. The Hall–Kier alpha value is -2.36. The fraction of sp³-hybridized carbons (Fsp3) is 0.500. The zero-order chi connectivity index (χ0) is 13.9. The van der Waals surface area contributed by atoms with E-state index in [4.69, 9.17) is 10.4 Å². The molecule has 2 heterocycles. The van der Waals surface area contributed by atoms with Crippen molar-refractivity contribution in [3.63, 3.8) is 0 Å². The van der Waals surface area contributed by atoms with Gasteiger partial charge in [0.2, 0.25) is 5.82 Å². The van der Waals surface area contributed by atoms with Gasteiger partial charge in [-0.2, -0.15) is 5.26 Å². The molecule has 100 valence electrons. The third kappa shape index (κ3) is 3.10. The first kappa shape index (κ1) is 13.1. The minimum Gasteiger partial charge on any atom is -0.465 e. The molecule has 7 nitrogen and oxygen atoms in total. The lowest BCUT2D eigenvalue weighted by atomic mass is 9.90. The van der Waals surface area contributed by atoms with E-state index in [2.05, 4.69) is 15.3 Å². The normalized spacial score (nSPS) is 17.6. The monoisotopic (exact) mass is 261 g/mol. The average molecular weight is 261 g/mol. The molecule has 1 fully saturated rings. The van der Waals surface area contributed by atoms with Crippen molar-refractivity contribution in [3.05, 3.63) is 18.1 Å². The molecule has 0 aromatic carbocycles. The highest BCUT2D eigenvalue weighted by molar-refractivity contribution is 5.65. The van der Waals surface area contributed by atoms with Gasteiger partial charge in [0.1, 0.15) is 11.9 Å². The molecule has 1 amide bonds. The maximum atomic E-state index is 10.9. The van der Waals surface area contributed by atoms with Crippen molar-refractivity contribution >= 4 is 11.9 Å². The van der Waals surface area contributed by atoms with Gasteiger partial charge in [-0.25, -0.2) is 14.8 Å². The summed E-state index contributed by atoms with van der Waals surface area (Å²) >= 11 is 0. The van der Waals surface area contributed by atoms with Gasteiger partial charge in [0.15, 0.2) is 0 Å². The van der Waals surface area contributed by atoms with Crippen molar-refractivity contribution in [2.24, 2.45) is 0 Å². The number of aromatic nitrogens is 2. The highest BCUT2D eigenvalue weighted by Gasteiger charge is 2.32. The second kappa shape index (κ2) is 5.10. The molecule has 1 aliphatic rings. The third-order valence-electron chi connectivity index (χ3n) is 3.32. The van der Waals surface area contributed by atoms with E-state index in [1.54, 1.807) is 6.07 Å². The van der Waals surface area contributed by atoms with Gasteiger partial charge in [-0.05, 0) is 25.8 Å². The smallest absolute Gasteiger partial charge is 0.407 e. The number of piperidine rings is 1. The molecule has 2 rings (SSSR count). The van der Waals surface area contributed by atoms with Gasteiger partial charge in [0.25, 0.3) is 0 Å². The maximum Gasteiger partial charge on any atom is 0.407 e. The lowest BCUT2D eigenvalue weighted by molar-refractivity contribution is 0.124. The van der Waals surface area contributed by atoms with Crippen molar-refractivity contribution < 1.29 is 9.90 Å². The molecule has 0 aliphatic carbocycles. The van der Waals surface area contributed by atoms with Crippen molar-refractivity contribution in [2.45, 2.75) is 25.3 Å². The van der Waals surface area contributed by atoms with Crippen LogP contribution in [0.15, 0.2) is 12.3 Å². The number of nitriles is 1. The minimum atomic E-state index is -0.879. The second-order valence-electron chi connectivity index (χ2n) is 4.83. The van der Waals surface area contributed by atoms with Crippen LogP contribution in [0.3, 0.4) is 0 Å². The summed E-state index contributed by atoms with van der Waals surface area (Å²) in [6, 6.07) is 3.59. The lowest BCUT2D eigenvalue weighted by Gasteiger charge is -2.39. The highest BCUT2D eigenvalue weighted by Crippen LogP contribution is 2.25. The number of hydrogen-bond donors (Lipinski definition) is 2. The Morgan fingerprint density at radius 3 is 2.84 bits per heavy atom. The van der Waals surface area contributed by atoms with Gasteiger partial charge in [-0.1, -0.05) is 0 Å². The molecule has 2 N–H and O–H groups in total. The number of amides is 1. The standard InChI is InChI=1S/C12H15N5O2/c1-12(3-6-17(7-4-12)11(18)19)16-9-2-5-14-10(8-13)15-9/h2,5H,3-4,6-7H2,1H3,(H,18,19)(H,14,15,16). The predicted molar refractivity (Wildman–Crippen MR) is 67.6 cm³/mol. The van der Waals surface area contributed by atoms with Crippen molar-refractivity contribution in [1.29, 1.82) is 5.26 Å². The van der Waals surface area contributed by atoms with E-state index in [1.807, 2.05) is 13.0 Å². The SMILES string of the molecule is CC1(Nc2ccnc(C#N)n2)CCN(C(=O)O)CC1. The van der Waals surface area contributed by atoms with Crippen LogP contribution >= 0.6 is 0 Å². The van der Waals surface area contributed by atoms with Crippen LogP contribution in [0.4, 0.5) is 10.6 Å². The molecule has 1 saturated heterocycles. The fourth-order valence-corrected chi connectivity index (χ4v) is 2.11. The molecule has 0 bridgehead atoms. The minimum absolute atomic E-state index is 0.122. The van der Waals surface area contributed by atoms with E-state index >= 15 is 0 Å². The summed E-state index contributed by atoms with van der Waals surface area (Å²) in [6.07, 6.45) is 2.05. The van der Waals surface area contributed by atoms with Gasteiger partial charge in [-0.15, -0.1) is 0 Å². The molecule has 19 heavy (non-hydrogen) atoms. The van der Waals surface area contributed by atoms with Crippen molar-refractivity contribution in [1.82, 2.24) is 14.9 Å². The fourth-order valence-electron chi connectivity index (χ4n) is 2.11. The summed E-state index contributed by atoms with van der Waals surface area (Å²) < 4.78 is 0. The first-order chi connectivity index (χ1) is 9.02. The highest BCUT2D eigenvalue weighted by atomic mass is 16.4. The first-order valence-electron chi connectivity index (χ1n) is 6.02. The van der Waals surface area contributed by atoms with Crippen molar-refractivity contribution in [3.8, 4) is 6.07 Å². The molecular weight excluding hydrogens is 246 g/mol. The maximum absolute atomic E-state index is 10.9. The van der Waals surface area contributed by atoms with Crippen molar-refractivity contribution in [2.75, 3.05) is 18.4 Å². The molecule has 0 radical (unpaired) electrons. The molecular formula is C12H15N5O2. The Balaban J connectivity index is 2.03. The molecule has 0 spiro atoms. The van der Waals surface area contributed by atoms with Crippen LogP contribution in [0.25, 0.3) is 0 Å². The van der Waals surface area contributed by atoms with E-state index in [1.165, 1.54) is 11.1 Å². The van der Waals surface area contributed by atoms with Crippen LogP contribution in [0.5, 0.6) is 0 Å². The van der Waals surface area contributed by atoms with E-state index in [0.29, 0.717) is 31.7 Å². The van der Waals surface area contributed by atoms with Crippen LogP contribution in [-0.4, -0.2) is 44.7 Å². The van der Waals surface area contributed by atoms with E-state index in [-0.39, 0.29) is 11.4 Å². The van der Waals surface area contributed by atoms with E-state index < -0.39 is 6.09 Å². The summed E-state index contributed by atoms with van der Waals surface area (Å²) in [5, 5.41) is 20.9. The topological polar surface area (TPSA) is 102 Å². The number of carbonyl (C=O) groups is 1.